The van der Waals surface area contributed by atoms with Crippen molar-refractivity contribution in [3.8, 4) is 0 Å². The van der Waals surface area contributed by atoms with Crippen LogP contribution in [0.2, 0.25) is 0 Å². The van der Waals surface area contributed by atoms with Gasteiger partial charge in [-0.2, -0.15) is 0 Å². The molecule has 0 amide bonds. The van der Waals surface area contributed by atoms with Crippen LogP contribution in [0.15, 0.2) is 18.2 Å². The highest BCUT2D eigenvalue weighted by Crippen LogP contribution is 2.43. The van der Waals surface area contributed by atoms with Crippen molar-refractivity contribution in [2.75, 3.05) is 6.61 Å². The molecule has 220 valence electrons. The highest BCUT2D eigenvalue weighted by Gasteiger charge is 2.35. The van der Waals surface area contributed by atoms with E-state index in [1.165, 1.54) is 5.56 Å². The number of aromatic amines is 2. The van der Waals surface area contributed by atoms with Gasteiger partial charge in [-0.05, 0) is 86.1 Å². The number of nitrogens with zero attached hydrogens (tertiary/aromatic N) is 2. The molecular weight excluding hydrogens is 532 g/mol. The lowest BCUT2D eigenvalue weighted by Crippen LogP contribution is -2.13. The van der Waals surface area contributed by atoms with Crippen LogP contribution in [0.3, 0.4) is 0 Å². The number of aliphatic carboxylic acids is 2. The minimum atomic E-state index is -1.18. The highest BCUT2D eigenvalue weighted by molar-refractivity contribution is 6.24. The summed E-state index contributed by atoms with van der Waals surface area (Å²) in [5, 5.41) is 30.3. The van der Waals surface area contributed by atoms with E-state index in [1.54, 1.807) is 6.92 Å². The monoisotopic (exact) mass is 570 g/mol. The number of hydrogen-bond donors (Lipinski definition) is 5. The SMILES string of the molecule is CCc1c(C)c2cc3[nH]c(cc4nc(c(CC(=O)O)c5nc(cc1[nH]2)C(C)=C5C(=O)O)[C@@H](CCO)[C@@H]4C)c(C)c3CC. The first-order valence-corrected chi connectivity index (χ1v) is 14.5. The number of allylic oxidation sites excluding steroid dienone is 1. The maximum absolute atomic E-state index is 12.6. The van der Waals surface area contributed by atoms with E-state index in [1.807, 2.05) is 19.1 Å². The molecule has 5 rings (SSSR count). The summed E-state index contributed by atoms with van der Waals surface area (Å²) in [5.41, 5.74) is 10.8. The normalized spacial score (nSPS) is 16.7. The van der Waals surface area contributed by atoms with E-state index in [0.29, 0.717) is 23.4 Å². The molecule has 5 N–H and O–H groups in total. The quantitative estimate of drug-likeness (QED) is 0.235. The molecular formula is C33H38N4O5. The summed E-state index contributed by atoms with van der Waals surface area (Å²) in [4.78, 5) is 41.7. The molecule has 0 fully saturated rings. The first-order valence-electron chi connectivity index (χ1n) is 14.5. The predicted octanol–water partition coefficient (Wildman–Crippen LogP) is 5.97. The summed E-state index contributed by atoms with van der Waals surface area (Å²) in [6.45, 7) is 12.0. The van der Waals surface area contributed by atoms with Gasteiger partial charge in [-0.25, -0.2) is 9.78 Å². The minimum absolute atomic E-state index is 0.0255. The molecule has 3 aromatic heterocycles. The van der Waals surface area contributed by atoms with Crippen molar-refractivity contribution in [1.29, 1.82) is 0 Å². The number of hydrogen-bond acceptors (Lipinski definition) is 5. The van der Waals surface area contributed by atoms with Gasteiger partial charge in [0.15, 0.2) is 0 Å². The molecule has 42 heavy (non-hydrogen) atoms. The van der Waals surface area contributed by atoms with Gasteiger partial charge in [0.1, 0.15) is 0 Å². The second kappa shape index (κ2) is 11.2. The summed E-state index contributed by atoms with van der Waals surface area (Å²) in [7, 11) is 0. The number of aromatic nitrogens is 4. The molecule has 0 saturated carbocycles. The number of carbonyl (C=O) groups is 2. The minimum Gasteiger partial charge on any atom is -0.481 e. The maximum atomic E-state index is 12.6. The van der Waals surface area contributed by atoms with Crippen molar-refractivity contribution in [3.05, 3.63) is 68.8 Å². The van der Waals surface area contributed by atoms with Crippen LogP contribution in [0.5, 0.6) is 0 Å². The third kappa shape index (κ3) is 4.81. The number of nitrogens with one attached hydrogen (secondary N) is 2. The zero-order chi connectivity index (χ0) is 30.5. The maximum Gasteiger partial charge on any atom is 0.338 e. The lowest BCUT2D eigenvalue weighted by atomic mass is 9.85. The summed E-state index contributed by atoms with van der Waals surface area (Å²) < 4.78 is 0. The van der Waals surface area contributed by atoms with Crippen LogP contribution in [-0.4, -0.2) is 53.8 Å². The molecule has 3 aromatic rings. The third-order valence-corrected chi connectivity index (χ3v) is 8.95. The van der Waals surface area contributed by atoms with Crippen LogP contribution in [0.1, 0.15) is 96.5 Å². The van der Waals surface area contributed by atoms with Crippen molar-refractivity contribution in [3.63, 3.8) is 0 Å². The molecule has 9 heteroatoms. The molecule has 0 aliphatic carbocycles. The summed E-state index contributed by atoms with van der Waals surface area (Å²) in [6, 6.07) is 6.00. The lowest BCUT2D eigenvalue weighted by molar-refractivity contribution is -0.136. The van der Waals surface area contributed by atoms with Gasteiger partial charge in [-0.1, -0.05) is 20.8 Å². The van der Waals surface area contributed by atoms with Gasteiger partial charge in [-0.15, -0.1) is 0 Å². The van der Waals surface area contributed by atoms with Crippen LogP contribution in [0.4, 0.5) is 0 Å². The fourth-order valence-corrected chi connectivity index (χ4v) is 6.61. The number of H-pyrrole nitrogens is 2. The van der Waals surface area contributed by atoms with Crippen molar-refractivity contribution < 1.29 is 24.9 Å². The summed E-state index contributed by atoms with van der Waals surface area (Å²) in [6.07, 6.45) is 1.51. The number of rotatable bonds is 7. The molecule has 2 aliphatic rings. The topological polar surface area (TPSA) is 152 Å². The molecule has 0 spiro atoms. The van der Waals surface area contributed by atoms with Crippen molar-refractivity contribution in [2.45, 2.75) is 79.1 Å². The molecule has 9 nitrogen and oxygen atoms in total. The zero-order valence-corrected chi connectivity index (χ0v) is 25.0. The number of aliphatic hydroxyl groups is 1. The first kappa shape index (κ1) is 29.3. The Bertz CT molecular complexity index is 1810. The number of fused-ring (bicyclic) bond motifs is 8. The second-order valence-electron chi connectivity index (χ2n) is 11.3. The van der Waals surface area contributed by atoms with Gasteiger partial charge in [0.25, 0.3) is 0 Å². The van der Waals surface area contributed by atoms with E-state index >= 15 is 0 Å². The standard InChI is InChI=1S/C33H38N4O5/c1-7-19-15(3)23-12-25-17(5)21(9-10-38)31(36-25)22(11-29(39)40)32-30(33(41)42)18(6)26(37-32)14-28-20(8-2)16(4)24(35-28)13-27(19)34-23/h12-14,17,21,34-35,38H,7-11H2,1-6H3,(H,39,40)(H,41,42)/t17-,21-/m0/s1. The van der Waals surface area contributed by atoms with E-state index in [2.05, 4.69) is 43.7 Å². The van der Waals surface area contributed by atoms with E-state index in [0.717, 1.165) is 57.3 Å². The summed E-state index contributed by atoms with van der Waals surface area (Å²) in [5.74, 6) is -2.72. The second-order valence-corrected chi connectivity index (χ2v) is 11.3. The Morgan fingerprint density at radius 3 is 2.00 bits per heavy atom. The Morgan fingerprint density at radius 1 is 0.857 bits per heavy atom. The Morgan fingerprint density at radius 2 is 1.45 bits per heavy atom. The van der Waals surface area contributed by atoms with E-state index in [9.17, 15) is 24.9 Å². The number of aliphatic hydroxyl groups excluding tert-OH is 1. The first-order chi connectivity index (χ1) is 20.0. The highest BCUT2D eigenvalue weighted by atomic mass is 16.4. The Balaban J connectivity index is 2.06. The molecule has 0 saturated heterocycles. The fourth-order valence-electron chi connectivity index (χ4n) is 6.61. The third-order valence-electron chi connectivity index (χ3n) is 8.95. The van der Waals surface area contributed by atoms with Gasteiger partial charge < -0.3 is 25.3 Å². The molecule has 0 aromatic carbocycles. The van der Waals surface area contributed by atoms with Gasteiger partial charge in [0.2, 0.25) is 0 Å². The average molecular weight is 571 g/mol. The predicted molar refractivity (Wildman–Crippen MR) is 164 cm³/mol. The van der Waals surface area contributed by atoms with Crippen molar-refractivity contribution >= 4 is 45.2 Å². The van der Waals surface area contributed by atoms with Crippen molar-refractivity contribution in [1.82, 2.24) is 19.9 Å². The number of aryl methyl sites for hydroxylation is 4. The zero-order valence-electron chi connectivity index (χ0n) is 25.0. The van der Waals surface area contributed by atoms with Crippen LogP contribution in [0, 0.1) is 13.8 Å². The number of carboxylic acids is 2. The largest absolute Gasteiger partial charge is 0.481 e. The van der Waals surface area contributed by atoms with E-state index in [4.69, 9.17) is 9.97 Å². The van der Waals surface area contributed by atoms with Crippen LogP contribution in [0.25, 0.3) is 33.2 Å². The molecule has 2 atom stereocenters. The van der Waals surface area contributed by atoms with Crippen LogP contribution < -0.4 is 0 Å². The van der Waals surface area contributed by atoms with Crippen molar-refractivity contribution in [2.24, 2.45) is 0 Å². The van der Waals surface area contributed by atoms with Gasteiger partial charge in [0.05, 0.1) is 29.1 Å². The lowest BCUT2D eigenvalue weighted by Gasteiger charge is -2.17. The van der Waals surface area contributed by atoms with Gasteiger partial charge >= 0.3 is 11.9 Å². The molecule has 0 radical (unpaired) electrons. The molecule has 8 bridgehead atoms. The Labute approximate surface area is 244 Å². The van der Waals surface area contributed by atoms with Crippen LogP contribution in [-0.2, 0) is 28.9 Å². The van der Waals surface area contributed by atoms with E-state index < -0.39 is 18.4 Å². The number of carboxylic acid groups (broad SMARTS) is 2. The molecule has 2 aliphatic heterocycles. The Hall–Kier alpha value is -4.24. The smallest absolute Gasteiger partial charge is 0.338 e. The molecule has 5 heterocycles. The van der Waals surface area contributed by atoms with Gasteiger partial charge in [-0.3, -0.25) is 9.78 Å². The Kier molecular flexibility index (Phi) is 7.81. The summed E-state index contributed by atoms with van der Waals surface area (Å²) >= 11 is 0. The van der Waals surface area contributed by atoms with Crippen LogP contribution >= 0.6 is 0 Å². The van der Waals surface area contributed by atoms with Gasteiger partial charge in [0, 0.05) is 51.8 Å². The molecule has 0 unspecified atom stereocenters. The average Bonchev–Trinajstić information content (AvgIpc) is 3.61. The van der Waals surface area contributed by atoms with E-state index in [-0.39, 0.29) is 35.3 Å². The fraction of sp³-hybridized carbons (Fsp3) is 0.394.